The maximum absolute atomic E-state index is 2.58. The van der Waals surface area contributed by atoms with E-state index in [0.29, 0.717) is 0 Å². The molecule has 0 aromatic heterocycles. The first-order valence-corrected chi connectivity index (χ1v) is 38.5. The van der Waals surface area contributed by atoms with E-state index in [0.717, 1.165) is 38.5 Å². The van der Waals surface area contributed by atoms with E-state index in [1.54, 1.807) is 0 Å². The van der Waals surface area contributed by atoms with Crippen LogP contribution < -0.4 is 0 Å². The molecule has 103 heavy (non-hydrogen) atoms. The second kappa shape index (κ2) is 22.8. The van der Waals surface area contributed by atoms with Crippen LogP contribution in [0.5, 0.6) is 0 Å². The second-order valence-corrected chi connectivity index (χ2v) is 33.0. The molecule has 16 aromatic carbocycles. The largest absolute Gasteiger partial charge is 0.0642 e. The van der Waals surface area contributed by atoms with Crippen LogP contribution in [0, 0.1) is 0 Å². The summed E-state index contributed by atoms with van der Waals surface area (Å²) in [6.07, 6.45) is 6.21. The molecule has 19 rings (SSSR count). The van der Waals surface area contributed by atoms with E-state index in [4.69, 9.17) is 0 Å². The molecule has 0 atom stereocenters. The lowest BCUT2D eigenvalue weighted by atomic mass is 9.72. The topological polar surface area (TPSA) is 0 Å². The molecule has 16 aromatic rings. The summed E-state index contributed by atoms with van der Waals surface area (Å²) in [7, 11) is 0. The van der Waals surface area contributed by atoms with Gasteiger partial charge in [0.1, 0.15) is 0 Å². The third-order valence-electron chi connectivity index (χ3n) is 26.4. The number of hydrogen-bond donors (Lipinski definition) is 0. The highest BCUT2D eigenvalue weighted by Crippen LogP contribution is 2.59. The molecule has 0 unspecified atom stereocenters. The van der Waals surface area contributed by atoms with E-state index in [9.17, 15) is 0 Å². The standard InChI is InChI=1S/C103H90/c1-13-101(14-2)89-55-67(61-19-23-63(24-20-61)79-41-31-65-27-29-73-51-77(99(7,8)9)53-75-39-49-87(79)97(65)95(73)75)33-43-81(89)83-45-35-69(57-91(83)101)71-37-47-85-86-48-38-72(60-94(86)103(17-5,18-6)93(85)59-71)70-36-46-84-82-44-34-68(56-90(82)102(15-3,16-4)92(84)58-70)62-21-25-64(26-22-62)80-42-32-66-28-30-74-52-78(100(10,11)12)54-76-40-50-88(80)98(66)96(74)76/h19-60H,13-18H2,1-12H3. The van der Waals surface area contributed by atoms with E-state index in [1.807, 2.05) is 0 Å². The molecule has 0 aliphatic heterocycles. The van der Waals surface area contributed by atoms with Crippen LogP contribution >= 0.6 is 0 Å². The van der Waals surface area contributed by atoms with E-state index < -0.39 is 0 Å². The lowest BCUT2D eigenvalue weighted by Gasteiger charge is -2.31. The lowest BCUT2D eigenvalue weighted by molar-refractivity contribution is 0.490. The molecule has 0 saturated heterocycles. The second-order valence-electron chi connectivity index (χ2n) is 33.0. The number of benzene rings is 16. The summed E-state index contributed by atoms with van der Waals surface area (Å²) in [5.41, 5.74) is 35.1. The highest BCUT2D eigenvalue weighted by atomic mass is 14.5. The smallest absolute Gasteiger partial charge is 0.0210 e. The van der Waals surface area contributed by atoms with Gasteiger partial charge in [0, 0.05) is 16.2 Å². The predicted molar refractivity (Wildman–Crippen MR) is 444 cm³/mol. The maximum Gasteiger partial charge on any atom is 0.0210 e. The average Bonchev–Trinajstić information content (AvgIpc) is 1.67. The minimum absolute atomic E-state index is 0.0849. The third kappa shape index (κ3) is 9.14. The fraction of sp³-hybridized carbons (Fsp3) is 0.223. The Labute approximate surface area is 608 Å². The van der Waals surface area contributed by atoms with Gasteiger partial charge in [-0.1, -0.05) is 301 Å². The Hall–Kier alpha value is -10.4. The lowest BCUT2D eigenvalue weighted by Crippen LogP contribution is -2.23. The van der Waals surface area contributed by atoms with Gasteiger partial charge in [0.2, 0.25) is 0 Å². The average molecular weight is 1330 g/mol. The van der Waals surface area contributed by atoms with Gasteiger partial charge >= 0.3 is 0 Å². The van der Waals surface area contributed by atoms with Crippen LogP contribution in [-0.4, -0.2) is 0 Å². The fourth-order valence-electron chi connectivity index (χ4n) is 20.3. The van der Waals surface area contributed by atoms with Crippen LogP contribution in [0.2, 0.25) is 0 Å². The van der Waals surface area contributed by atoms with Crippen LogP contribution in [0.4, 0.5) is 0 Å². The first-order valence-electron chi connectivity index (χ1n) is 38.5. The molecule has 3 aliphatic rings. The monoisotopic (exact) mass is 1330 g/mol. The minimum atomic E-state index is -0.107. The van der Waals surface area contributed by atoms with Crippen molar-refractivity contribution in [2.75, 3.05) is 0 Å². The number of rotatable bonds is 12. The third-order valence-corrected chi connectivity index (χ3v) is 26.4. The Balaban J connectivity index is 0.599. The summed E-state index contributed by atoms with van der Waals surface area (Å²) in [5, 5.41) is 16.0. The van der Waals surface area contributed by atoms with E-state index in [2.05, 4.69) is 338 Å². The van der Waals surface area contributed by atoms with Crippen molar-refractivity contribution in [3.63, 3.8) is 0 Å². The van der Waals surface area contributed by atoms with Crippen molar-refractivity contribution in [1.29, 1.82) is 0 Å². The van der Waals surface area contributed by atoms with Crippen LogP contribution in [0.3, 0.4) is 0 Å². The highest BCUT2D eigenvalue weighted by Gasteiger charge is 2.45. The summed E-state index contributed by atoms with van der Waals surface area (Å²) < 4.78 is 0. The Bertz CT molecular complexity index is 5760. The SMILES string of the molecule is CCC1(CC)c2cc(-c3ccc(-c4ccc5ccc6cc(C(C)(C)C)cc7ccc4c5c67)cc3)ccc2-c2ccc(-c3ccc4c(c3)C(CC)(CC)c3cc(-c5ccc6c(c5)C(CC)(CC)c5cc(-c7ccc(-c8ccc9ccc%10cc(C(C)(C)C)cc%11ccc8c9c%10%11)cc7)ccc5-6)ccc3-4)cc21. The number of hydrogen-bond acceptors (Lipinski definition) is 0. The molecule has 0 heterocycles. The van der Waals surface area contributed by atoms with Crippen molar-refractivity contribution in [2.45, 2.75) is 149 Å². The van der Waals surface area contributed by atoms with Crippen molar-refractivity contribution in [1.82, 2.24) is 0 Å². The molecule has 0 radical (unpaired) electrons. The van der Waals surface area contributed by atoms with Gasteiger partial charge in [0.05, 0.1) is 0 Å². The van der Waals surface area contributed by atoms with Crippen molar-refractivity contribution in [3.05, 3.63) is 299 Å². The molecule has 0 N–H and O–H groups in total. The Morgan fingerprint density at radius 1 is 0.194 bits per heavy atom. The Morgan fingerprint density at radius 2 is 0.398 bits per heavy atom. The molecule has 0 bridgehead atoms. The van der Waals surface area contributed by atoms with Gasteiger partial charge in [-0.05, 0) is 295 Å². The predicted octanol–water partition coefficient (Wildman–Crippen LogP) is 29.3. The zero-order valence-corrected chi connectivity index (χ0v) is 62.0. The molecule has 0 fully saturated rings. The molecule has 0 nitrogen and oxygen atoms in total. The van der Waals surface area contributed by atoms with E-state index in [-0.39, 0.29) is 27.1 Å². The van der Waals surface area contributed by atoms with E-state index >= 15 is 0 Å². The molecular formula is C103H90. The highest BCUT2D eigenvalue weighted by molar-refractivity contribution is 6.27. The summed E-state index contributed by atoms with van der Waals surface area (Å²) in [6, 6.07) is 101. The first kappa shape index (κ1) is 63.5. The van der Waals surface area contributed by atoms with Crippen LogP contribution in [0.25, 0.3) is 165 Å². The van der Waals surface area contributed by atoms with E-state index in [1.165, 1.54) is 209 Å². The minimum Gasteiger partial charge on any atom is -0.0642 e. The molecular weight excluding hydrogens is 1240 g/mol. The van der Waals surface area contributed by atoms with Gasteiger partial charge in [0.15, 0.2) is 0 Å². The maximum atomic E-state index is 2.58. The molecule has 502 valence electrons. The molecule has 0 amide bonds. The fourth-order valence-corrected chi connectivity index (χ4v) is 20.3. The molecule has 0 spiro atoms. The summed E-state index contributed by atoms with van der Waals surface area (Å²) >= 11 is 0. The van der Waals surface area contributed by atoms with Crippen molar-refractivity contribution in [2.24, 2.45) is 0 Å². The summed E-state index contributed by atoms with van der Waals surface area (Å²) in [4.78, 5) is 0. The summed E-state index contributed by atoms with van der Waals surface area (Å²) in [5.74, 6) is 0. The van der Waals surface area contributed by atoms with Gasteiger partial charge in [-0.2, -0.15) is 0 Å². The summed E-state index contributed by atoms with van der Waals surface area (Å²) in [6.45, 7) is 28.4. The molecule has 3 aliphatic carbocycles. The normalized spacial score (nSPS) is 14.7. The zero-order chi connectivity index (χ0) is 70.4. The van der Waals surface area contributed by atoms with Gasteiger partial charge in [-0.25, -0.2) is 0 Å². The van der Waals surface area contributed by atoms with Gasteiger partial charge in [-0.15, -0.1) is 0 Å². The molecule has 0 heteroatoms. The Morgan fingerprint density at radius 3 is 0.650 bits per heavy atom. The van der Waals surface area contributed by atoms with Crippen LogP contribution in [-0.2, 0) is 27.1 Å². The quantitative estimate of drug-likeness (QED) is 0.107. The van der Waals surface area contributed by atoms with Crippen LogP contribution in [0.15, 0.2) is 255 Å². The van der Waals surface area contributed by atoms with Gasteiger partial charge in [0.25, 0.3) is 0 Å². The van der Waals surface area contributed by atoms with Crippen molar-refractivity contribution >= 4 is 64.6 Å². The van der Waals surface area contributed by atoms with Gasteiger partial charge in [-0.3, -0.25) is 0 Å². The zero-order valence-electron chi connectivity index (χ0n) is 62.0. The Kier molecular flexibility index (Phi) is 14.1. The van der Waals surface area contributed by atoms with Gasteiger partial charge < -0.3 is 0 Å². The first-order chi connectivity index (χ1) is 49.9. The van der Waals surface area contributed by atoms with Crippen molar-refractivity contribution in [3.8, 4) is 100 Å². The molecule has 0 saturated carbocycles. The van der Waals surface area contributed by atoms with Crippen LogP contribution in [0.1, 0.15) is 166 Å². The number of fused-ring (bicyclic) bond motifs is 9. The van der Waals surface area contributed by atoms with Crippen molar-refractivity contribution < 1.29 is 0 Å².